The van der Waals surface area contributed by atoms with Crippen molar-refractivity contribution in [3.63, 3.8) is 0 Å². The number of aromatic carboxylic acids is 1. The molecule has 33 heavy (non-hydrogen) atoms. The first-order chi connectivity index (χ1) is 15.6. The van der Waals surface area contributed by atoms with Gasteiger partial charge in [0.25, 0.3) is 0 Å². The van der Waals surface area contributed by atoms with Crippen molar-refractivity contribution in [2.75, 3.05) is 18.0 Å². The Bertz CT molecular complexity index is 1280. The van der Waals surface area contributed by atoms with Crippen molar-refractivity contribution < 1.29 is 38.5 Å². The predicted molar refractivity (Wildman–Crippen MR) is 111 cm³/mol. The number of halogens is 2. The molecule has 0 amide bonds. The number of hydrogen-bond acceptors (Lipinski definition) is 6. The quantitative estimate of drug-likeness (QED) is 0.527. The zero-order chi connectivity index (χ0) is 24.0. The van der Waals surface area contributed by atoms with E-state index in [9.17, 15) is 28.7 Å². The number of aromatic nitrogens is 1. The first-order valence-electron chi connectivity index (χ1n) is 10.1. The summed E-state index contributed by atoms with van der Waals surface area (Å²) in [6.45, 7) is 0.0605. The molecule has 1 unspecified atom stereocenters. The highest BCUT2D eigenvalue weighted by Gasteiger charge is 2.33. The van der Waals surface area contributed by atoms with Gasteiger partial charge in [-0.05, 0) is 25.3 Å². The van der Waals surface area contributed by atoms with Gasteiger partial charge in [0.2, 0.25) is 5.43 Å². The largest absolute Gasteiger partial charge is 0.481 e. The fourth-order valence-corrected chi connectivity index (χ4v) is 4.10. The Kier molecular flexibility index (Phi) is 5.60. The van der Waals surface area contributed by atoms with Gasteiger partial charge in [0.15, 0.2) is 5.82 Å². The molecule has 174 valence electrons. The van der Waals surface area contributed by atoms with E-state index in [4.69, 9.17) is 10.2 Å². The van der Waals surface area contributed by atoms with E-state index in [0.29, 0.717) is 12.8 Å². The average Bonchev–Trinajstić information content (AvgIpc) is 3.47. The van der Waals surface area contributed by atoms with Crippen LogP contribution in [-0.2, 0) is 9.59 Å². The summed E-state index contributed by atoms with van der Waals surface area (Å²) in [5.74, 6) is -6.41. The van der Waals surface area contributed by atoms with E-state index in [2.05, 4.69) is 4.99 Å². The predicted octanol–water partition coefficient (Wildman–Crippen LogP) is 1.89. The van der Waals surface area contributed by atoms with Crippen LogP contribution in [-0.4, -0.2) is 62.6 Å². The molecule has 12 heteroatoms. The number of carbonyl (C=O) groups is 3. The third-order valence-corrected chi connectivity index (χ3v) is 5.74. The number of benzene rings is 1. The van der Waals surface area contributed by atoms with Gasteiger partial charge in [-0.1, -0.05) is 0 Å². The molecule has 0 spiro atoms. The molecule has 2 heterocycles. The van der Waals surface area contributed by atoms with Crippen LogP contribution in [0.3, 0.4) is 0 Å². The molecule has 1 atom stereocenters. The van der Waals surface area contributed by atoms with Gasteiger partial charge in [-0.3, -0.25) is 14.6 Å². The maximum Gasteiger partial charge on any atom is 0.350 e. The minimum Gasteiger partial charge on any atom is -0.481 e. The molecule has 1 aromatic carbocycles. The van der Waals surface area contributed by atoms with Crippen LogP contribution in [0.5, 0.6) is 0 Å². The zero-order valence-electron chi connectivity index (χ0n) is 17.1. The second-order valence-corrected chi connectivity index (χ2v) is 8.07. The second kappa shape index (κ2) is 8.26. The third kappa shape index (κ3) is 4.15. The lowest BCUT2D eigenvalue weighted by Crippen LogP contribution is -2.26. The number of hydrogen-bond donors (Lipinski definition) is 3. The SMILES string of the molecule is O=C(O)CC(=NC1CCN(c2c(F)cc3c(=O)c(C(=O)O)cn(C4CC4)c3c2F)C1)C(=O)O. The molecule has 4 rings (SSSR count). The lowest BCUT2D eigenvalue weighted by Gasteiger charge is -2.22. The number of fused-ring (bicyclic) bond motifs is 1. The maximum absolute atomic E-state index is 15.6. The molecule has 0 radical (unpaired) electrons. The Balaban J connectivity index is 1.77. The van der Waals surface area contributed by atoms with Crippen molar-refractivity contribution in [1.82, 2.24) is 4.57 Å². The third-order valence-electron chi connectivity index (χ3n) is 5.74. The van der Waals surface area contributed by atoms with Gasteiger partial charge in [-0.15, -0.1) is 0 Å². The highest BCUT2D eigenvalue weighted by molar-refractivity contribution is 6.38. The second-order valence-electron chi connectivity index (χ2n) is 8.07. The molecule has 1 aliphatic heterocycles. The zero-order valence-corrected chi connectivity index (χ0v) is 17.1. The van der Waals surface area contributed by atoms with Crippen molar-refractivity contribution in [2.45, 2.75) is 37.8 Å². The highest BCUT2D eigenvalue weighted by Crippen LogP contribution is 2.40. The van der Waals surface area contributed by atoms with E-state index in [1.54, 1.807) is 0 Å². The minimum atomic E-state index is -1.49. The summed E-state index contributed by atoms with van der Waals surface area (Å²) in [4.78, 5) is 51.4. The molecular weight excluding hydrogens is 444 g/mol. The van der Waals surface area contributed by atoms with E-state index >= 15 is 4.39 Å². The topological polar surface area (TPSA) is 149 Å². The van der Waals surface area contributed by atoms with Gasteiger partial charge in [-0.25, -0.2) is 18.4 Å². The van der Waals surface area contributed by atoms with Crippen LogP contribution in [0.2, 0.25) is 0 Å². The average molecular weight is 463 g/mol. The van der Waals surface area contributed by atoms with E-state index in [1.807, 2.05) is 0 Å². The number of carboxylic acid groups (broad SMARTS) is 3. The number of aliphatic imine (C=N–C) groups is 1. The van der Waals surface area contributed by atoms with Crippen LogP contribution in [0.25, 0.3) is 10.9 Å². The lowest BCUT2D eigenvalue weighted by atomic mass is 10.1. The van der Waals surface area contributed by atoms with Gasteiger partial charge in [0.05, 0.1) is 23.4 Å². The number of anilines is 1. The van der Waals surface area contributed by atoms with Crippen LogP contribution >= 0.6 is 0 Å². The molecular formula is C21H19F2N3O7. The molecule has 10 nitrogen and oxygen atoms in total. The van der Waals surface area contributed by atoms with Crippen molar-refractivity contribution >= 4 is 40.2 Å². The number of aliphatic carboxylic acids is 2. The highest BCUT2D eigenvalue weighted by atomic mass is 19.1. The molecule has 2 fully saturated rings. The summed E-state index contributed by atoms with van der Waals surface area (Å²) in [5, 5.41) is 26.9. The summed E-state index contributed by atoms with van der Waals surface area (Å²) >= 11 is 0. The maximum atomic E-state index is 15.6. The van der Waals surface area contributed by atoms with Gasteiger partial charge in [-0.2, -0.15) is 0 Å². The first-order valence-corrected chi connectivity index (χ1v) is 10.1. The van der Waals surface area contributed by atoms with Crippen molar-refractivity contribution in [1.29, 1.82) is 0 Å². The van der Waals surface area contributed by atoms with Gasteiger partial charge < -0.3 is 24.8 Å². The summed E-state index contributed by atoms with van der Waals surface area (Å²) in [6, 6.07) is -0.0699. The van der Waals surface area contributed by atoms with E-state index in [0.717, 1.165) is 12.3 Å². The molecule has 1 aliphatic carbocycles. The standard InChI is InChI=1S/C21H19F2N3O7/c22-13-5-11-17(26(10-1-2-10)8-12(19(11)29)20(30)31)16(23)18(13)25-4-3-9(7-25)24-14(21(32)33)6-15(27)28/h5,8-10H,1-4,6-7H2,(H,27,28)(H,30,31)(H,32,33). The van der Waals surface area contributed by atoms with E-state index < -0.39 is 64.4 Å². The van der Waals surface area contributed by atoms with Crippen LogP contribution in [0.15, 0.2) is 22.1 Å². The van der Waals surface area contributed by atoms with Crippen LogP contribution in [0, 0.1) is 11.6 Å². The van der Waals surface area contributed by atoms with Crippen LogP contribution in [0.4, 0.5) is 14.5 Å². The van der Waals surface area contributed by atoms with Gasteiger partial charge in [0, 0.05) is 25.3 Å². The Labute approximate surface area is 184 Å². The Hall–Kier alpha value is -3.83. The Morgan fingerprint density at radius 3 is 2.39 bits per heavy atom. The van der Waals surface area contributed by atoms with Crippen LogP contribution < -0.4 is 10.3 Å². The van der Waals surface area contributed by atoms with Gasteiger partial charge in [0.1, 0.15) is 22.8 Å². The summed E-state index contributed by atoms with van der Waals surface area (Å²) in [5.41, 5.74) is -2.73. The fraction of sp³-hybridized carbons (Fsp3) is 0.381. The summed E-state index contributed by atoms with van der Waals surface area (Å²) in [7, 11) is 0. The van der Waals surface area contributed by atoms with Gasteiger partial charge >= 0.3 is 17.9 Å². The van der Waals surface area contributed by atoms with Crippen LogP contribution in [0.1, 0.15) is 42.1 Å². The molecule has 2 aliphatic rings. The Morgan fingerprint density at radius 2 is 1.82 bits per heavy atom. The molecule has 1 aromatic heterocycles. The number of pyridine rings is 1. The molecule has 1 saturated carbocycles. The van der Waals surface area contributed by atoms with E-state index in [1.165, 1.54) is 9.47 Å². The minimum absolute atomic E-state index is 0.0589. The molecule has 2 aromatic rings. The monoisotopic (exact) mass is 463 g/mol. The molecule has 0 bridgehead atoms. The number of nitrogens with zero attached hydrogens (tertiary/aromatic N) is 3. The summed E-state index contributed by atoms with van der Waals surface area (Å²) in [6.07, 6.45) is 1.85. The lowest BCUT2D eigenvalue weighted by molar-refractivity contribution is -0.137. The molecule has 3 N–H and O–H groups in total. The smallest absolute Gasteiger partial charge is 0.350 e. The summed E-state index contributed by atoms with van der Waals surface area (Å²) < 4.78 is 32.0. The van der Waals surface area contributed by atoms with Crippen molar-refractivity contribution in [3.8, 4) is 0 Å². The van der Waals surface area contributed by atoms with E-state index in [-0.39, 0.29) is 36.5 Å². The normalized spacial score (nSPS) is 18.7. The number of rotatable bonds is 7. The Morgan fingerprint density at radius 1 is 1.12 bits per heavy atom. The fourth-order valence-electron chi connectivity index (χ4n) is 4.10. The number of carboxylic acids is 3. The first kappa shape index (κ1) is 22.4. The van der Waals surface area contributed by atoms with Crippen molar-refractivity contribution in [3.05, 3.63) is 39.7 Å². The van der Waals surface area contributed by atoms with Crippen molar-refractivity contribution in [2.24, 2.45) is 4.99 Å². The molecule has 1 saturated heterocycles.